The highest BCUT2D eigenvalue weighted by molar-refractivity contribution is 7.99. The van der Waals surface area contributed by atoms with Gasteiger partial charge in [-0.15, -0.1) is 16.8 Å². The van der Waals surface area contributed by atoms with Gasteiger partial charge in [-0.2, -0.15) is 0 Å². The molecule has 8 heteroatoms. The van der Waals surface area contributed by atoms with Gasteiger partial charge in [-0.25, -0.2) is 0 Å². The van der Waals surface area contributed by atoms with Crippen LogP contribution in [-0.2, 0) is 17.9 Å². The number of amides is 1. The number of hydrogen-bond acceptors (Lipinski definition) is 6. The summed E-state index contributed by atoms with van der Waals surface area (Å²) in [4.78, 5) is 12.2. The molecule has 140 valence electrons. The van der Waals surface area contributed by atoms with Crippen LogP contribution in [0.4, 0.5) is 0 Å². The van der Waals surface area contributed by atoms with E-state index in [1.807, 2.05) is 34.9 Å². The van der Waals surface area contributed by atoms with Crippen molar-refractivity contribution in [3.05, 3.63) is 60.9 Å². The molecule has 0 atom stereocenters. The van der Waals surface area contributed by atoms with E-state index < -0.39 is 0 Å². The van der Waals surface area contributed by atoms with Gasteiger partial charge < -0.3 is 14.5 Å². The third-order valence-electron chi connectivity index (χ3n) is 3.73. The quantitative estimate of drug-likeness (QED) is 0.451. The van der Waals surface area contributed by atoms with E-state index in [4.69, 9.17) is 9.15 Å². The minimum Gasteiger partial charge on any atom is -0.497 e. The van der Waals surface area contributed by atoms with Gasteiger partial charge in [0.05, 0.1) is 19.1 Å². The number of methoxy groups -OCH3 is 1. The van der Waals surface area contributed by atoms with Gasteiger partial charge in [-0.1, -0.05) is 30.0 Å². The Balaban J connectivity index is 1.59. The molecule has 0 aliphatic rings. The molecule has 3 aromatic rings. The van der Waals surface area contributed by atoms with Crippen LogP contribution in [0.3, 0.4) is 0 Å². The highest BCUT2D eigenvalue weighted by Crippen LogP contribution is 2.24. The Labute approximate surface area is 161 Å². The van der Waals surface area contributed by atoms with Crippen molar-refractivity contribution in [1.82, 2.24) is 20.1 Å². The fraction of sp³-hybridized carbons (Fsp3) is 0.211. The number of allylic oxidation sites excluding steroid dienone is 1. The first-order valence-corrected chi connectivity index (χ1v) is 9.30. The largest absolute Gasteiger partial charge is 0.497 e. The molecule has 1 amide bonds. The van der Waals surface area contributed by atoms with E-state index >= 15 is 0 Å². The maximum absolute atomic E-state index is 12.2. The highest BCUT2D eigenvalue weighted by Gasteiger charge is 2.16. The average Bonchev–Trinajstić information content (AvgIpc) is 3.35. The number of carbonyl (C=O) groups is 1. The van der Waals surface area contributed by atoms with Gasteiger partial charge in [0, 0.05) is 13.1 Å². The Hall–Kier alpha value is -3.00. The molecule has 0 fully saturated rings. The first-order valence-electron chi connectivity index (χ1n) is 8.31. The van der Waals surface area contributed by atoms with Crippen molar-refractivity contribution in [2.45, 2.75) is 18.2 Å². The predicted molar refractivity (Wildman–Crippen MR) is 103 cm³/mol. The molecule has 0 unspecified atom stereocenters. The molecule has 0 bridgehead atoms. The summed E-state index contributed by atoms with van der Waals surface area (Å²) in [5.74, 6) is 2.14. The van der Waals surface area contributed by atoms with Crippen LogP contribution in [0.1, 0.15) is 5.56 Å². The molecule has 2 aromatic heterocycles. The maximum Gasteiger partial charge on any atom is 0.230 e. The van der Waals surface area contributed by atoms with E-state index in [-0.39, 0.29) is 11.7 Å². The number of nitrogens with one attached hydrogen (secondary N) is 1. The van der Waals surface area contributed by atoms with Gasteiger partial charge in [0.15, 0.2) is 10.9 Å². The molecular weight excluding hydrogens is 364 g/mol. The summed E-state index contributed by atoms with van der Waals surface area (Å²) < 4.78 is 12.4. The lowest BCUT2D eigenvalue weighted by Crippen LogP contribution is -2.24. The summed E-state index contributed by atoms with van der Waals surface area (Å²) >= 11 is 1.32. The number of hydrogen-bond donors (Lipinski definition) is 1. The molecule has 27 heavy (non-hydrogen) atoms. The van der Waals surface area contributed by atoms with Crippen LogP contribution in [0.2, 0.25) is 0 Å². The summed E-state index contributed by atoms with van der Waals surface area (Å²) in [6.45, 7) is 4.73. The van der Waals surface area contributed by atoms with Gasteiger partial charge in [0.25, 0.3) is 0 Å². The predicted octanol–water partition coefficient (Wildman–Crippen LogP) is 3.14. The number of furan rings is 1. The topological polar surface area (TPSA) is 82.2 Å². The summed E-state index contributed by atoms with van der Waals surface area (Å²) in [6, 6.07) is 11.2. The Bertz CT molecular complexity index is 906. The first-order chi connectivity index (χ1) is 13.2. The number of benzene rings is 1. The molecule has 0 aliphatic carbocycles. The second-order valence-electron chi connectivity index (χ2n) is 5.60. The van der Waals surface area contributed by atoms with Crippen LogP contribution >= 0.6 is 11.8 Å². The molecule has 2 heterocycles. The van der Waals surface area contributed by atoms with Crippen LogP contribution in [0, 0.1) is 0 Å². The van der Waals surface area contributed by atoms with E-state index in [1.54, 1.807) is 25.5 Å². The van der Waals surface area contributed by atoms with Crippen LogP contribution in [0.15, 0.2) is 64.9 Å². The number of ether oxygens (including phenoxy) is 1. The average molecular weight is 384 g/mol. The van der Waals surface area contributed by atoms with Gasteiger partial charge in [-0.05, 0) is 29.8 Å². The van der Waals surface area contributed by atoms with E-state index in [1.165, 1.54) is 11.8 Å². The molecule has 0 aliphatic heterocycles. The second-order valence-corrected chi connectivity index (χ2v) is 6.54. The standard InChI is InChI=1S/C19H20N4O3S/c1-3-9-23-18(16-8-5-10-26-16)21-22-19(23)27-13-17(24)20-12-14-6-4-7-15(11-14)25-2/h3-8,10-11H,1,9,12-13H2,2H3,(H,20,24). The second kappa shape index (κ2) is 9.09. The lowest BCUT2D eigenvalue weighted by Gasteiger charge is -2.08. The van der Waals surface area contributed by atoms with Gasteiger partial charge >= 0.3 is 0 Å². The SMILES string of the molecule is C=CCn1c(SCC(=O)NCc2cccc(OC)c2)nnc1-c1ccco1. The third kappa shape index (κ3) is 4.79. The Morgan fingerprint density at radius 1 is 1.37 bits per heavy atom. The normalized spacial score (nSPS) is 10.6. The van der Waals surface area contributed by atoms with Crippen molar-refractivity contribution in [3.63, 3.8) is 0 Å². The fourth-order valence-corrected chi connectivity index (χ4v) is 3.22. The summed E-state index contributed by atoms with van der Waals surface area (Å²) in [5.41, 5.74) is 0.975. The lowest BCUT2D eigenvalue weighted by molar-refractivity contribution is -0.118. The van der Waals surface area contributed by atoms with Crippen LogP contribution in [-0.4, -0.2) is 33.5 Å². The minimum atomic E-state index is -0.0875. The van der Waals surface area contributed by atoms with Crippen molar-refractivity contribution in [3.8, 4) is 17.3 Å². The van der Waals surface area contributed by atoms with E-state index in [0.717, 1.165) is 11.3 Å². The Morgan fingerprint density at radius 2 is 2.26 bits per heavy atom. The van der Waals surface area contributed by atoms with Crippen LogP contribution in [0.5, 0.6) is 5.75 Å². The first kappa shape index (κ1) is 18.8. The molecule has 1 aromatic carbocycles. The van der Waals surface area contributed by atoms with Crippen molar-refractivity contribution in [2.75, 3.05) is 12.9 Å². The van der Waals surface area contributed by atoms with E-state index in [0.29, 0.717) is 29.8 Å². The lowest BCUT2D eigenvalue weighted by atomic mass is 10.2. The van der Waals surface area contributed by atoms with Crippen molar-refractivity contribution >= 4 is 17.7 Å². The van der Waals surface area contributed by atoms with Crippen LogP contribution in [0.25, 0.3) is 11.6 Å². The van der Waals surface area contributed by atoms with E-state index in [9.17, 15) is 4.79 Å². The molecule has 1 N–H and O–H groups in total. The van der Waals surface area contributed by atoms with Crippen molar-refractivity contribution in [2.24, 2.45) is 0 Å². The molecular formula is C19H20N4O3S. The van der Waals surface area contributed by atoms with Gasteiger partial charge in [-0.3, -0.25) is 9.36 Å². The molecule has 0 radical (unpaired) electrons. The number of thioether (sulfide) groups is 1. The summed E-state index contributed by atoms with van der Waals surface area (Å²) in [7, 11) is 1.62. The monoisotopic (exact) mass is 384 g/mol. The zero-order valence-corrected chi connectivity index (χ0v) is 15.7. The van der Waals surface area contributed by atoms with Crippen molar-refractivity contribution < 1.29 is 13.9 Å². The summed E-state index contributed by atoms with van der Waals surface area (Å²) in [6.07, 6.45) is 3.34. The smallest absolute Gasteiger partial charge is 0.230 e. The number of nitrogens with zero attached hydrogens (tertiary/aromatic N) is 3. The zero-order chi connectivity index (χ0) is 19.1. The Morgan fingerprint density at radius 3 is 3.00 bits per heavy atom. The maximum atomic E-state index is 12.2. The zero-order valence-electron chi connectivity index (χ0n) is 14.9. The minimum absolute atomic E-state index is 0.0875. The molecule has 3 rings (SSSR count). The fourth-order valence-electron chi connectivity index (χ4n) is 2.44. The molecule has 0 saturated carbocycles. The number of carbonyl (C=O) groups excluding carboxylic acids is 1. The molecule has 7 nitrogen and oxygen atoms in total. The van der Waals surface area contributed by atoms with Gasteiger partial charge in [0.1, 0.15) is 5.75 Å². The Kier molecular flexibility index (Phi) is 6.32. The summed E-state index contributed by atoms with van der Waals surface area (Å²) in [5, 5.41) is 11.9. The number of rotatable bonds is 9. The highest BCUT2D eigenvalue weighted by atomic mass is 32.2. The number of aromatic nitrogens is 3. The van der Waals surface area contributed by atoms with Crippen molar-refractivity contribution in [1.29, 1.82) is 0 Å². The third-order valence-corrected chi connectivity index (χ3v) is 4.69. The molecule has 0 saturated heterocycles. The van der Waals surface area contributed by atoms with Crippen LogP contribution < -0.4 is 10.1 Å². The molecule has 0 spiro atoms. The van der Waals surface area contributed by atoms with Gasteiger partial charge in [0.2, 0.25) is 11.7 Å². The van der Waals surface area contributed by atoms with E-state index in [2.05, 4.69) is 22.1 Å².